The fraction of sp³-hybridized carbons (Fsp3) is 0.320. The SMILES string of the molecule is CCCCn1c(-c2ccccc2)nc(F)c1CN(CC1=COCO1)Cc1ccccc1. The predicted octanol–water partition coefficient (Wildman–Crippen LogP) is 5.34. The van der Waals surface area contributed by atoms with Crippen molar-refractivity contribution >= 4 is 0 Å². The normalized spacial score (nSPS) is 13.2. The van der Waals surface area contributed by atoms with Crippen LogP contribution in [0.25, 0.3) is 11.4 Å². The third-order valence-electron chi connectivity index (χ3n) is 5.32. The van der Waals surface area contributed by atoms with Crippen LogP contribution < -0.4 is 0 Å². The minimum Gasteiger partial charge on any atom is -0.462 e. The molecule has 1 aromatic heterocycles. The van der Waals surface area contributed by atoms with Gasteiger partial charge in [0.2, 0.25) is 12.7 Å². The fourth-order valence-electron chi connectivity index (χ4n) is 3.77. The van der Waals surface area contributed by atoms with Gasteiger partial charge < -0.3 is 14.0 Å². The number of benzene rings is 2. The summed E-state index contributed by atoms with van der Waals surface area (Å²) in [5.41, 5.74) is 2.68. The van der Waals surface area contributed by atoms with E-state index in [9.17, 15) is 0 Å². The molecule has 0 aliphatic carbocycles. The number of unbranched alkanes of at least 4 members (excludes halogenated alkanes) is 1. The Morgan fingerprint density at radius 1 is 1.00 bits per heavy atom. The van der Waals surface area contributed by atoms with Crippen molar-refractivity contribution in [2.75, 3.05) is 13.3 Å². The van der Waals surface area contributed by atoms with E-state index in [4.69, 9.17) is 9.47 Å². The lowest BCUT2D eigenvalue weighted by Crippen LogP contribution is -2.27. The van der Waals surface area contributed by atoms with Crippen molar-refractivity contribution in [3.05, 3.63) is 89.9 Å². The van der Waals surface area contributed by atoms with Crippen molar-refractivity contribution < 1.29 is 13.9 Å². The van der Waals surface area contributed by atoms with Crippen LogP contribution in [-0.4, -0.2) is 27.8 Å². The summed E-state index contributed by atoms with van der Waals surface area (Å²) in [7, 11) is 0. The molecule has 3 aromatic rings. The highest BCUT2D eigenvalue weighted by Gasteiger charge is 2.22. The van der Waals surface area contributed by atoms with Crippen LogP contribution in [0.1, 0.15) is 31.0 Å². The van der Waals surface area contributed by atoms with Crippen molar-refractivity contribution in [3.63, 3.8) is 0 Å². The summed E-state index contributed by atoms with van der Waals surface area (Å²) in [6.07, 6.45) is 3.63. The van der Waals surface area contributed by atoms with Crippen LogP contribution in [0, 0.1) is 5.95 Å². The van der Waals surface area contributed by atoms with Gasteiger partial charge in [0.15, 0.2) is 0 Å². The molecule has 31 heavy (non-hydrogen) atoms. The van der Waals surface area contributed by atoms with E-state index in [1.165, 1.54) is 0 Å². The van der Waals surface area contributed by atoms with Crippen LogP contribution in [0.5, 0.6) is 0 Å². The molecule has 6 heteroatoms. The van der Waals surface area contributed by atoms with Gasteiger partial charge in [-0.05, 0) is 12.0 Å². The second kappa shape index (κ2) is 10.3. The van der Waals surface area contributed by atoms with Gasteiger partial charge in [0.25, 0.3) is 0 Å². The Kier molecular flexibility index (Phi) is 6.99. The Hall–Kier alpha value is -3.12. The van der Waals surface area contributed by atoms with Crippen LogP contribution >= 0.6 is 0 Å². The minimum atomic E-state index is -0.411. The Bertz CT molecular complexity index is 1000. The smallest absolute Gasteiger partial charge is 0.235 e. The van der Waals surface area contributed by atoms with E-state index in [-0.39, 0.29) is 6.79 Å². The number of hydrogen-bond donors (Lipinski definition) is 0. The third kappa shape index (κ3) is 5.33. The molecular formula is C25H28FN3O2. The molecule has 2 heterocycles. The van der Waals surface area contributed by atoms with E-state index >= 15 is 4.39 Å². The molecule has 4 rings (SSSR count). The van der Waals surface area contributed by atoms with Gasteiger partial charge in [0.05, 0.1) is 12.2 Å². The molecule has 0 amide bonds. The monoisotopic (exact) mass is 421 g/mol. The molecule has 0 bridgehead atoms. The average molecular weight is 422 g/mol. The lowest BCUT2D eigenvalue weighted by atomic mass is 10.2. The van der Waals surface area contributed by atoms with Crippen molar-refractivity contribution in [1.29, 1.82) is 0 Å². The standard InChI is InChI=1S/C25H28FN3O2/c1-2-3-14-29-23(24(26)27-25(29)21-12-8-5-9-13-21)17-28(16-22-18-30-19-31-22)15-20-10-6-4-7-11-20/h4-13,18H,2-3,14-17,19H2,1H3. The van der Waals surface area contributed by atoms with Crippen molar-refractivity contribution in [2.45, 2.75) is 39.4 Å². The zero-order chi connectivity index (χ0) is 21.5. The highest BCUT2D eigenvalue weighted by Crippen LogP contribution is 2.25. The number of hydrogen-bond acceptors (Lipinski definition) is 4. The van der Waals surface area contributed by atoms with Crippen LogP contribution in [0.4, 0.5) is 4.39 Å². The summed E-state index contributed by atoms with van der Waals surface area (Å²) in [6, 6.07) is 20.0. The molecule has 0 atom stereocenters. The van der Waals surface area contributed by atoms with Gasteiger partial charge in [-0.2, -0.15) is 9.37 Å². The van der Waals surface area contributed by atoms with Crippen LogP contribution in [0.3, 0.4) is 0 Å². The molecule has 5 nitrogen and oxygen atoms in total. The minimum absolute atomic E-state index is 0.232. The van der Waals surface area contributed by atoms with E-state index in [1.807, 2.05) is 53.1 Å². The molecule has 162 valence electrons. The van der Waals surface area contributed by atoms with Crippen molar-refractivity contribution in [1.82, 2.24) is 14.5 Å². The zero-order valence-corrected chi connectivity index (χ0v) is 17.8. The Balaban J connectivity index is 1.65. The lowest BCUT2D eigenvalue weighted by Gasteiger charge is -2.23. The van der Waals surface area contributed by atoms with Gasteiger partial charge in [-0.15, -0.1) is 0 Å². The third-order valence-corrected chi connectivity index (χ3v) is 5.32. The maximum Gasteiger partial charge on any atom is 0.235 e. The largest absolute Gasteiger partial charge is 0.462 e. The topological polar surface area (TPSA) is 39.5 Å². The number of imidazole rings is 1. The van der Waals surface area contributed by atoms with Gasteiger partial charge in [0.1, 0.15) is 17.8 Å². The number of nitrogens with zero attached hydrogens (tertiary/aromatic N) is 3. The van der Waals surface area contributed by atoms with Gasteiger partial charge in [-0.25, -0.2) is 0 Å². The lowest BCUT2D eigenvalue weighted by molar-refractivity contribution is 0.0710. The molecule has 2 aromatic carbocycles. The van der Waals surface area contributed by atoms with Crippen LogP contribution in [0.15, 0.2) is 72.7 Å². The molecule has 0 radical (unpaired) electrons. The van der Waals surface area contributed by atoms with Gasteiger partial charge in [-0.1, -0.05) is 74.0 Å². The van der Waals surface area contributed by atoms with Gasteiger partial charge >= 0.3 is 0 Å². The molecular weight excluding hydrogens is 393 g/mol. The van der Waals surface area contributed by atoms with E-state index in [2.05, 4.69) is 28.9 Å². The van der Waals surface area contributed by atoms with E-state index in [0.717, 1.165) is 36.3 Å². The molecule has 0 saturated carbocycles. The first kappa shape index (κ1) is 21.1. The quantitative estimate of drug-likeness (QED) is 0.443. The number of aromatic nitrogens is 2. The summed E-state index contributed by atoms with van der Waals surface area (Å²) in [4.78, 5) is 6.48. The van der Waals surface area contributed by atoms with E-state index < -0.39 is 5.95 Å². The number of ether oxygens (including phenoxy) is 2. The highest BCUT2D eigenvalue weighted by atomic mass is 19.1. The Morgan fingerprint density at radius 3 is 2.42 bits per heavy atom. The first-order chi connectivity index (χ1) is 15.2. The Labute approximate surface area is 182 Å². The van der Waals surface area contributed by atoms with E-state index in [1.54, 1.807) is 6.26 Å². The summed E-state index contributed by atoms with van der Waals surface area (Å²) in [5, 5.41) is 0. The number of halogens is 1. The molecule has 1 aliphatic heterocycles. The summed E-state index contributed by atoms with van der Waals surface area (Å²) in [6.45, 7) is 4.73. The Morgan fingerprint density at radius 2 is 1.74 bits per heavy atom. The van der Waals surface area contributed by atoms with Crippen molar-refractivity contribution in [3.8, 4) is 11.4 Å². The molecule has 0 fully saturated rings. The summed E-state index contributed by atoms with van der Waals surface area (Å²) >= 11 is 0. The summed E-state index contributed by atoms with van der Waals surface area (Å²) < 4.78 is 28.0. The van der Waals surface area contributed by atoms with Crippen LogP contribution in [-0.2, 0) is 29.1 Å². The molecule has 0 saturated heterocycles. The molecule has 0 unspecified atom stereocenters. The average Bonchev–Trinajstić information content (AvgIpc) is 3.42. The fourth-order valence-corrected chi connectivity index (χ4v) is 3.77. The van der Waals surface area contributed by atoms with Crippen molar-refractivity contribution in [2.24, 2.45) is 0 Å². The first-order valence-electron chi connectivity index (χ1n) is 10.7. The second-order valence-corrected chi connectivity index (χ2v) is 7.69. The highest BCUT2D eigenvalue weighted by molar-refractivity contribution is 5.56. The van der Waals surface area contributed by atoms with E-state index in [0.29, 0.717) is 31.2 Å². The number of rotatable bonds is 10. The maximum absolute atomic E-state index is 15.2. The predicted molar refractivity (Wildman–Crippen MR) is 118 cm³/mol. The second-order valence-electron chi connectivity index (χ2n) is 7.69. The first-order valence-corrected chi connectivity index (χ1v) is 10.7. The van der Waals surface area contributed by atoms with Gasteiger partial charge in [0, 0.05) is 25.2 Å². The zero-order valence-electron chi connectivity index (χ0n) is 17.8. The molecule has 0 N–H and O–H groups in total. The van der Waals surface area contributed by atoms with Crippen LogP contribution in [0.2, 0.25) is 0 Å². The maximum atomic E-state index is 15.2. The molecule has 0 spiro atoms. The molecule has 1 aliphatic rings. The summed E-state index contributed by atoms with van der Waals surface area (Å²) in [5.74, 6) is 1.02. The van der Waals surface area contributed by atoms with Gasteiger partial charge in [-0.3, -0.25) is 4.90 Å².